The van der Waals surface area contributed by atoms with Crippen molar-refractivity contribution in [2.75, 3.05) is 40.3 Å². The first kappa shape index (κ1) is 18.8. The van der Waals surface area contributed by atoms with Crippen molar-refractivity contribution in [3.8, 4) is 0 Å². The Labute approximate surface area is 147 Å². The Morgan fingerprint density at radius 3 is 2.38 bits per heavy atom. The van der Waals surface area contributed by atoms with E-state index in [1.165, 1.54) is 18.4 Å². The molecule has 0 aliphatic heterocycles. The van der Waals surface area contributed by atoms with E-state index in [0.29, 0.717) is 5.41 Å². The summed E-state index contributed by atoms with van der Waals surface area (Å²) in [7, 11) is 4.23. The minimum atomic E-state index is 0.169. The second kappa shape index (κ2) is 8.02. The number of aliphatic imine (C=N–C) groups is 1. The van der Waals surface area contributed by atoms with Crippen LogP contribution < -0.4 is 10.6 Å². The number of hydrogen-bond donors (Lipinski definition) is 2. The Kier molecular flexibility index (Phi) is 6.27. The fraction of sp³-hybridized carbons (Fsp3) is 0.650. The van der Waals surface area contributed by atoms with Crippen molar-refractivity contribution in [2.24, 2.45) is 10.4 Å². The first-order chi connectivity index (χ1) is 11.4. The fourth-order valence-corrected chi connectivity index (χ4v) is 3.30. The van der Waals surface area contributed by atoms with Crippen molar-refractivity contribution in [3.05, 3.63) is 35.9 Å². The Balaban J connectivity index is 1.95. The average Bonchev–Trinajstić information content (AvgIpc) is 3.31. The molecule has 4 nitrogen and oxygen atoms in total. The lowest BCUT2D eigenvalue weighted by molar-refractivity contribution is 0.248. The summed E-state index contributed by atoms with van der Waals surface area (Å²) < 4.78 is 0. The highest BCUT2D eigenvalue weighted by molar-refractivity contribution is 5.80. The molecule has 0 aromatic heterocycles. The number of hydrogen-bond acceptors (Lipinski definition) is 2. The minimum Gasteiger partial charge on any atom is -0.357 e. The normalized spacial score (nSPS) is 17.0. The first-order valence-electron chi connectivity index (χ1n) is 9.09. The van der Waals surface area contributed by atoms with E-state index in [4.69, 9.17) is 4.99 Å². The van der Waals surface area contributed by atoms with Crippen molar-refractivity contribution >= 4 is 5.96 Å². The number of benzene rings is 1. The molecule has 0 spiro atoms. The molecule has 0 unspecified atom stereocenters. The molecule has 1 fully saturated rings. The predicted octanol–water partition coefficient (Wildman–Crippen LogP) is 2.86. The fourth-order valence-electron chi connectivity index (χ4n) is 3.30. The minimum absolute atomic E-state index is 0.169. The molecule has 134 valence electrons. The molecule has 1 aliphatic rings. The summed E-state index contributed by atoms with van der Waals surface area (Å²) in [5.74, 6) is 0.937. The van der Waals surface area contributed by atoms with Crippen LogP contribution in [0, 0.1) is 5.41 Å². The van der Waals surface area contributed by atoms with Crippen LogP contribution in [0.2, 0.25) is 0 Å². The third kappa shape index (κ3) is 5.52. The molecule has 2 N–H and O–H groups in total. The quantitative estimate of drug-likeness (QED) is 0.569. The third-order valence-electron chi connectivity index (χ3n) is 4.59. The van der Waals surface area contributed by atoms with Crippen LogP contribution in [0.25, 0.3) is 0 Å². The van der Waals surface area contributed by atoms with Gasteiger partial charge >= 0.3 is 0 Å². The summed E-state index contributed by atoms with van der Waals surface area (Å²) in [6.45, 7) is 10.4. The summed E-state index contributed by atoms with van der Waals surface area (Å²) in [5, 5.41) is 6.96. The summed E-state index contributed by atoms with van der Waals surface area (Å²) in [5.41, 5.74) is 1.92. The molecule has 1 aromatic rings. The standard InChI is InChI=1S/C20H34N4/c1-6-21-18(22-14-19(2,3)16-24(4)5)23-15-20(12-13-20)17-10-8-7-9-11-17/h7-11H,6,12-16H2,1-5H3,(H2,21,22,23). The van der Waals surface area contributed by atoms with Gasteiger partial charge in [-0.15, -0.1) is 0 Å². The van der Waals surface area contributed by atoms with E-state index in [-0.39, 0.29) is 5.41 Å². The van der Waals surface area contributed by atoms with Crippen LogP contribution in [-0.2, 0) is 5.41 Å². The Hall–Kier alpha value is -1.55. The molecule has 24 heavy (non-hydrogen) atoms. The molecule has 0 heterocycles. The number of nitrogens with zero attached hydrogens (tertiary/aromatic N) is 2. The summed E-state index contributed by atoms with van der Waals surface area (Å²) in [6, 6.07) is 10.9. The van der Waals surface area contributed by atoms with Gasteiger partial charge in [-0.05, 0) is 44.8 Å². The highest BCUT2D eigenvalue weighted by Crippen LogP contribution is 2.47. The average molecular weight is 331 g/mol. The summed E-state index contributed by atoms with van der Waals surface area (Å²) >= 11 is 0. The van der Waals surface area contributed by atoms with Crippen molar-refractivity contribution in [3.63, 3.8) is 0 Å². The molecule has 4 heteroatoms. The molecule has 1 aliphatic carbocycles. The van der Waals surface area contributed by atoms with Gasteiger partial charge in [0.1, 0.15) is 0 Å². The molecule has 2 rings (SSSR count). The molecular formula is C20H34N4. The van der Waals surface area contributed by atoms with Gasteiger partial charge in [0.05, 0.1) is 0 Å². The molecule has 0 amide bonds. The Morgan fingerprint density at radius 2 is 1.83 bits per heavy atom. The van der Waals surface area contributed by atoms with E-state index in [0.717, 1.165) is 32.1 Å². The second-order valence-corrected chi connectivity index (χ2v) is 8.10. The van der Waals surface area contributed by atoms with Crippen LogP contribution in [0.4, 0.5) is 0 Å². The number of rotatable bonds is 8. The maximum Gasteiger partial charge on any atom is 0.191 e. The lowest BCUT2D eigenvalue weighted by atomic mass is 9.93. The molecule has 0 radical (unpaired) electrons. The van der Waals surface area contributed by atoms with E-state index in [1.54, 1.807) is 0 Å². The highest BCUT2D eigenvalue weighted by Gasteiger charge is 2.44. The van der Waals surface area contributed by atoms with Crippen molar-refractivity contribution < 1.29 is 0 Å². The molecule has 0 bridgehead atoms. The monoisotopic (exact) mass is 330 g/mol. The van der Waals surface area contributed by atoms with Crippen LogP contribution in [0.3, 0.4) is 0 Å². The van der Waals surface area contributed by atoms with Crippen LogP contribution in [-0.4, -0.2) is 51.1 Å². The van der Waals surface area contributed by atoms with E-state index < -0.39 is 0 Å². The van der Waals surface area contributed by atoms with Crippen LogP contribution in [0.1, 0.15) is 39.2 Å². The van der Waals surface area contributed by atoms with E-state index in [9.17, 15) is 0 Å². The largest absolute Gasteiger partial charge is 0.357 e. The molecule has 1 aromatic carbocycles. The predicted molar refractivity (Wildman–Crippen MR) is 104 cm³/mol. The topological polar surface area (TPSA) is 39.7 Å². The third-order valence-corrected chi connectivity index (χ3v) is 4.59. The Morgan fingerprint density at radius 1 is 1.17 bits per heavy atom. The van der Waals surface area contributed by atoms with Gasteiger partial charge in [0.2, 0.25) is 0 Å². The van der Waals surface area contributed by atoms with Crippen LogP contribution >= 0.6 is 0 Å². The van der Waals surface area contributed by atoms with Gasteiger partial charge in [-0.2, -0.15) is 0 Å². The lowest BCUT2D eigenvalue weighted by Crippen LogP contribution is -2.42. The number of nitrogens with one attached hydrogen (secondary N) is 2. The van der Waals surface area contributed by atoms with Crippen molar-refractivity contribution in [1.82, 2.24) is 15.5 Å². The number of guanidine groups is 1. The maximum absolute atomic E-state index is 4.83. The van der Waals surface area contributed by atoms with E-state index in [1.807, 2.05) is 0 Å². The summed E-state index contributed by atoms with van der Waals surface area (Å²) in [6.07, 6.45) is 2.52. The van der Waals surface area contributed by atoms with Crippen molar-refractivity contribution in [1.29, 1.82) is 0 Å². The van der Waals surface area contributed by atoms with Gasteiger partial charge in [-0.3, -0.25) is 4.99 Å². The van der Waals surface area contributed by atoms with Gasteiger partial charge in [-0.1, -0.05) is 44.2 Å². The first-order valence-corrected chi connectivity index (χ1v) is 9.09. The van der Waals surface area contributed by atoms with E-state index in [2.05, 4.69) is 80.7 Å². The molecule has 1 saturated carbocycles. The zero-order valence-electron chi connectivity index (χ0n) is 16.0. The highest BCUT2D eigenvalue weighted by atomic mass is 15.2. The van der Waals surface area contributed by atoms with E-state index >= 15 is 0 Å². The van der Waals surface area contributed by atoms with Crippen LogP contribution in [0.5, 0.6) is 0 Å². The zero-order chi connectivity index (χ0) is 17.6. The second-order valence-electron chi connectivity index (χ2n) is 8.10. The Bertz CT molecular complexity index is 530. The van der Waals surface area contributed by atoms with Gasteiger partial charge in [-0.25, -0.2) is 0 Å². The molecule has 0 atom stereocenters. The van der Waals surface area contributed by atoms with Crippen molar-refractivity contribution in [2.45, 2.75) is 39.0 Å². The lowest BCUT2D eigenvalue weighted by Gasteiger charge is -2.27. The van der Waals surface area contributed by atoms with Crippen LogP contribution in [0.15, 0.2) is 35.3 Å². The van der Waals surface area contributed by atoms with Gasteiger partial charge in [0, 0.05) is 31.6 Å². The smallest absolute Gasteiger partial charge is 0.191 e. The zero-order valence-corrected chi connectivity index (χ0v) is 16.0. The van der Waals surface area contributed by atoms with Gasteiger partial charge < -0.3 is 15.5 Å². The van der Waals surface area contributed by atoms with Gasteiger partial charge in [0.15, 0.2) is 5.96 Å². The van der Waals surface area contributed by atoms with Gasteiger partial charge in [0.25, 0.3) is 0 Å². The molecular weight excluding hydrogens is 296 g/mol. The molecule has 0 saturated heterocycles. The maximum atomic E-state index is 4.83. The SMILES string of the molecule is CCNC(=NCC(C)(C)CN(C)C)NCC1(c2ccccc2)CC1. The summed E-state index contributed by atoms with van der Waals surface area (Å²) in [4.78, 5) is 7.06.